The van der Waals surface area contributed by atoms with Crippen LogP contribution < -0.4 is 10.3 Å². The fourth-order valence-corrected chi connectivity index (χ4v) is 3.81. The molecule has 1 atom stereocenters. The summed E-state index contributed by atoms with van der Waals surface area (Å²) in [5.41, 5.74) is 2.71. The molecule has 4 rings (SSSR count). The van der Waals surface area contributed by atoms with Crippen LogP contribution in [0.25, 0.3) is 11.0 Å². The number of benzene rings is 2. The highest BCUT2D eigenvalue weighted by Crippen LogP contribution is 2.38. The predicted octanol–water partition coefficient (Wildman–Crippen LogP) is 2.97. The first-order chi connectivity index (χ1) is 13.9. The van der Waals surface area contributed by atoms with E-state index < -0.39 is 6.04 Å². The SMILES string of the molecule is CN(C)CCN1C(=O)c2oc3ccccc3c(=O)c2C1c1ccc(N(C)C)cc1. The van der Waals surface area contributed by atoms with E-state index in [0.717, 1.165) is 11.3 Å². The molecular formula is C23H25N3O3. The third-order valence-electron chi connectivity index (χ3n) is 5.39. The molecule has 3 aromatic rings. The van der Waals surface area contributed by atoms with Crippen LogP contribution >= 0.6 is 0 Å². The Kier molecular flexibility index (Phi) is 4.88. The van der Waals surface area contributed by atoms with Crippen LogP contribution in [0.1, 0.15) is 27.7 Å². The first kappa shape index (κ1) is 19.2. The van der Waals surface area contributed by atoms with Gasteiger partial charge in [-0.3, -0.25) is 9.59 Å². The van der Waals surface area contributed by atoms with Gasteiger partial charge in [0.05, 0.1) is 17.0 Å². The molecule has 1 aliphatic heterocycles. The minimum atomic E-state index is -0.450. The summed E-state index contributed by atoms with van der Waals surface area (Å²) in [6.07, 6.45) is 0. The Bertz CT molecular complexity index is 1120. The molecular weight excluding hydrogens is 366 g/mol. The van der Waals surface area contributed by atoms with E-state index in [0.29, 0.717) is 29.6 Å². The Morgan fingerprint density at radius 2 is 1.66 bits per heavy atom. The van der Waals surface area contributed by atoms with Crippen LogP contribution in [0.4, 0.5) is 5.69 Å². The molecule has 29 heavy (non-hydrogen) atoms. The summed E-state index contributed by atoms with van der Waals surface area (Å²) in [6.45, 7) is 1.20. The molecule has 1 amide bonds. The van der Waals surface area contributed by atoms with Gasteiger partial charge in [-0.15, -0.1) is 0 Å². The monoisotopic (exact) mass is 391 g/mol. The average Bonchev–Trinajstić information content (AvgIpc) is 2.99. The highest BCUT2D eigenvalue weighted by molar-refractivity contribution is 5.99. The number of fused-ring (bicyclic) bond motifs is 2. The number of nitrogens with zero attached hydrogens (tertiary/aromatic N) is 3. The maximum Gasteiger partial charge on any atom is 0.290 e. The van der Waals surface area contributed by atoms with Crippen molar-refractivity contribution < 1.29 is 9.21 Å². The molecule has 0 N–H and O–H groups in total. The number of para-hydroxylation sites is 1. The maximum atomic E-state index is 13.4. The van der Waals surface area contributed by atoms with E-state index in [2.05, 4.69) is 0 Å². The first-order valence-corrected chi connectivity index (χ1v) is 9.67. The number of amides is 1. The predicted molar refractivity (Wildman–Crippen MR) is 115 cm³/mol. The van der Waals surface area contributed by atoms with Crippen molar-refractivity contribution in [1.29, 1.82) is 0 Å². The van der Waals surface area contributed by atoms with Gasteiger partial charge in [-0.05, 0) is 43.9 Å². The maximum absolute atomic E-state index is 13.4. The van der Waals surface area contributed by atoms with Gasteiger partial charge in [0, 0.05) is 32.9 Å². The van der Waals surface area contributed by atoms with Gasteiger partial charge in [-0.1, -0.05) is 24.3 Å². The molecule has 0 radical (unpaired) electrons. The fraction of sp³-hybridized carbons (Fsp3) is 0.304. The highest BCUT2D eigenvalue weighted by Gasteiger charge is 2.42. The second-order valence-corrected chi connectivity index (χ2v) is 7.86. The molecule has 0 bridgehead atoms. The zero-order valence-corrected chi connectivity index (χ0v) is 17.2. The topological polar surface area (TPSA) is 57.0 Å². The number of likely N-dealkylation sites (N-methyl/N-ethyl adjacent to an activating group) is 1. The summed E-state index contributed by atoms with van der Waals surface area (Å²) >= 11 is 0. The van der Waals surface area contributed by atoms with Crippen molar-refractivity contribution in [2.75, 3.05) is 46.2 Å². The van der Waals surface area contributed by atoms with Gasteiger partial charge in [-0.25, -0.2) is 0 Å². The van der Waals surface area contributed by atoms with Crippen molar-refractivity contribution >= 4 is 22.6 Å². The third-order valence-corrected chi connectivity index (χ3v) is 5.39. The van der Waals surface area contributed by atoms with Crippen LogP contribution in [0.15, 0.2) is 57.7 Å². The zero-order chi connectivity index (χ0) is 20.7. The van der Waals surface area contributed by atoms with Crippen molar-refractivity contribution in [1.82, 2.24) is 9.80 Å². The second-order valence-electron chi connectivity index (χ2n) is 7.86. The summed E-state index contributed by atoms with van der Waals surface area (Å²) in [5.74, 6) is -0.0690. The molecule has 0 saturated heterocycles. The van der Waals surface area contributed by atoms with E-state index in [-0.39, 0.29) is 17.1 Å². The van der Waals surface area contributed by atoms with Gasteiger partial charge in [0.2, 0.25) is 5.76 Å². The first-order valence-electron chi connectivity index (χ1n) is 9.67. The number of carbonyl (C=O) groups is 1. The highest BCUT2D eigenvalue weighted by atomic mass is 16.3. The molecule has 6 nitrogen and oxygen atoms in total. The summed E-state index contributed by atoms with van der Waals surface area (Å²) in [7, 11) is 7.89. The lowest BCUT2D eigenvalue weighted by atomic mass is 9.98. The summed E-state index contributed by atoms with van der Waals surface area (Å²) in [4.78, 5) is 32.4. The van der Waals surface area contributed by atoms with Crippen molar-refractivity contribution in [3.8, 4) is 0 Å². The van der Waals surface area contributed by atoms with Crippen molar-refractivity contribution in [3.05, 3.63) is 75.6 Å². The van der Waals surface area contributed by atoms with Gasteiger partial charge < -0.3 is 19.1 Å². The van der Waals surface area contributed by atoms with Gasteiger partial charge in [-0.2, -0.15) is 0 Å². The molecule has 0 saturated carbocycles. The van der Waals surface area contributed by atoms with Crippen LogP contribution in [-0.4, -0.2) is 57.0 Å². The van der Waals surface area contributed by atoms with Crippen LogP contribution in [0.5, 0.6) is 0 Å². The minimum Gasteiger partial charge on any atom is -0.450 e. The molecule has 0 fully saturated rings. The van der Waals surface area contributed by atoms with Gasteiger partial charge in [0.25, 0.3) is 5.91 Å². The van der Waals surface area contributed by atoms with E-state index in [4.69, 9.17) is 4.42 Å². The van der Waals surface area contributed by atoms with E-state index in [1.807, 2.05) is 68.3 Å². The molecule has 150 valence electrons. The molecule has 1 aliphatic rings. The largest absolute Gasteiger partial charge is 0.450 e. The molecule has 1 aromatic heterocycles. The van der Waals surface area contributed by atoms with E-state index in [9.17, 15) is 9.59 Å². The summed E-state index contributed by atoms with van der Waals surface area (Å²) in [5, 5.41) is 0.503. The minimum absolute atomic E-state index is 0.135. The summed E-state index contributed by atoms with van der Waals surface area (Å²) < 4.78 is 5.94. The van der Waals surface area contributed by atoms with Gasteiger partial charge in [0.1, 0.15) is 5.58 Å². The molecule has 0 aliphatic carbocycles. The number of hydrogen-bond donors (Lipinski definition) is 0. The Morgan fingerprint density at radius 1 is 0.966 bits per heavy atom. The normalized spacial score (nSPS) is 16.0. The lowest BCUT2D eigenvalue weighted by molar-refractivity contribution is 0.0716. The molecule has 0 spiro atoms. The quantitative estimate of drug-likeness (QED) is 0.669. The standard InChI is InChI=1S/C23H25N3O3/c1-24(2)13-14-26-20(15-9-11-16(12-10-15)25(3)4)19-21(27)17-7-5-6-8-18(17)29-22(19)23(26)28/h5-12,20H,13-14H2,1-4H3. The Hall–Kier alpha value is -3.12. The van der Waals surface area contributed by atoms with E-state index in [1.165, 1.54) is 0 Å². The van der Waals surface area contributed by atoms with Crippen molar-refractivity contribution in [2.45, 2.75) is 6.04 Å². The Labute approximate surface area is 169 Å². The number of rotatable bonds is 5. The van der Waals surface area contributed by atoms with Crippen LogP contribution in [-0.2, 0) is 0 Å². The van der Waals surface area contributed by atoms with Crippen LogP contribution in [0.2, 0.25) is 0 Å². The molecule has 1 unspecified atom stereocenters. The lowest BCUT2D eigenvalue weighted by Crippen LogP contribution is -2.35. The number of carbonyl (C=O) groups excluding carboxylic acids is 1. The molecule has 6 heteroatoms. The van der Waals surface area contributed by atoms with E-state index >= 15 is 0 Å². The zero-order valence-electron chi connectivity index (χ0n) is 17.2. The fourth-order valence-electron chi connectivity index (χ4n) is 3.81. The average molecular weight is 391 g/mol. The van der Waals surface area contributed by atoms with Crippen molar-refractivity contribution in [3.63, 3.8) is 0 Å². The number of hydrogen-bond acceptors (Lipinski definition) is 5. The molecule has 2 aromatic carbocycles. The van der Waals surface area contributed by atoms with Crippen LogP contribution in [0, 0.1) is 0 Å². The van der Waals surface area contributed by atoms with Gasteiger partial charge >= 0.3 is 0 Å². The molecule has 2 heterocycles. The summed E-state index contributed by atoms with van der Waals surface area (Å²) in [6, 6.07) is 14.6. The van der Waals surface area contributed by atoms with Gasteiger partial charge in [0.15, 0.2) is 5.43 Å². The lowest BCUT2D eigenvalue weighted by Gasteiger charge is -2.27. The van der Waals surface area contributed by atoms with Crippen LogP contribution in [0.3, 0.4) is 0 Å². The second kappa shape index (κ2) is 7.37. The van der Waals surface area contributed by atoms with E-state index in [1.54, 1.807) is 23.1 Å². The van der Waals surface area contributed by atoms with Crippen molar-refractivity contribution in [2.24, 2.45) is 0 Å². The third kappa shape index (κ3) is 3.29. The Morgan fingerprint density at radius 3 is 2.31 bits per heavy atom. The Balaban J connectivity index is 1.89. The number of anilines is 1. The smallest absolute Gasteiger partial charge is 0.290 e.